The van der Waals surface area contributed by atoms with Crippen LogP contribution in [-0.2, 0) is 9.53 Å². The number of ether oxygens (including phenoxy) is 1. The van der Waals surface area contributed by atoms with Crippen LogP contribution in [0.15, 0.2) is 11.6 Å². The first kappa shape index (κ1) is 12.6. The largest absolute Gasteiger partial charge is 0.464 e. The van der Waals surface area contributed by atoms with Crippen LogP contribution in [0.2, 0.25) is 0 Å². The Morgan fingerprint density at radius 1 is 1.37 bits per heavy atom. The number of rotatable bonds is 2. The quantitative estimate of drug-likeness (QED) is 0.726. The SMILES string of the molecule is O=C1CC(N2CCN(C(=O)c3nccs3)CC2)CO1. The van der Waals surface area contributed by atoms with Gasteiger partial charge in [-0.05, 0) is 0 Å². The van der Waals surface area contributed by atoms with Crippen LogP contribution in [0.4, 0.5) is 0 Å². The molecule has 19 heavy (non-hydrogen) atoms. The van der Waals surface area contributed by atoms with Gasteiger partial charge in [0.05, 0.1) is 12.5 Å². The number of cyclic esters (lactones) is 1. The summed E-state index contributed by atoms with van der Waals surface area (Å²) in [6, 6.07) is 0.185. The molecule has 7 heteroatoms. The zero-order valence-corrected chi connectivity index (χ0v) is 11.3. The Bertz CT molecular complexity index is 469. The van der Waals surface area contributed by atoms with Gasteiger partial charge in [-0.15, -0.1) is 11.3 Å². The minimum Gasteiger partial charge on any atom is -0.464 e. The second kappa shape index (κ2) is 5.26. The maximum absolute atomic E-state index is 12.1. The highest BCUT2D eigenvalue weighted by atomic mass is 32.1. The van der Waals surface area contributed by atoms with Crippen LogP contribution in [0, 0.1) is 0 Å². The summed E-state index contributed by atoms with van der Waals surface area (Å²) in [6.07, 6.45) is 2.12. The van der Waals surface area contributed by atoms with Crippen LogP contribution < -0.4 is 0 Å². The van der Waals surface area contributed by atoms with Crippen molar-refractivity contribution in [2.45, 2.75) is 12.5 Å². The Morgan fingerprint density at radius 2 is 2.16 bits per heavy atom. The average molecular weight is 281 g/mol. The van der Waals surface area contributed by atoms with E-state index in [9.17, 15) is 9.59 Å². The normalized spacial score (nSPS) is 24.5. The van der Waals surface area contributed by atoms with Gasteiger partial charge >= 0.3 is 5.97 Å². The van der Waals surface area contributed by atoms with E-state index >= 15 is 0 Å². The standard InChI is InChI=1S/C12H15N3O3S/c16-10-7-9(8-18-10)14-2-4-15(5-3-14)12(17)11-13-1-6-19-11/h1,6,9H,2-5,7-8H2. The number of piperazine rings is 1. The molecular formula is C12H15N3O3S. The number of aromatic nitrogens is 1. The first-order chi connectivity index (χ1) is 9.24. The Labute approximate surface area is 115 Å². The molecule has 0 spiro atoms. The van der Waals surface area contributed by atoms with Gasteiger partial charge in [0.1, 0.15) is 6.61 Å². The van der Waals surface area contributed by atoms with E-state index in [-0.39, 0.29) is 17.9 Å². The fourth-order valence-electron chi connectivity index (χ4n) is 2.49. The molecule has 1 atom stereocenters. The van der Waals surface area contributed by atoms with Gasteiger partial charge in [-0.1, -0.05) is 0 Å². The zero-order chi connectivity index (χ0) is 13.2. The number of nitrogens with zero attached hydrogens (tertiary/aromatic N) is 3. The average Bonchev–Trinajstić information content (AvgIpc) is 3.09. The second-order valence-electron chi connectivity index (χ2n) is 4.71. The molecule has 2 aliphatic rings. The number of hydrogen-bond acceptors (Lipinski definition) is 6. The van der Waals surface area contributed by atoms with Crippen LogP contribution in [0.25, 0.3) is 0 Å². The van der Waals surface area contributed by atoms with Crippen molar-refractivity contribution in [2.24, 2.45) is 0 Å². The van der Waals surface area contributed by atoms with E-state index in [1.807, 2.05) is 10.3 Å². The fraction of sp³-hybridized carbons (Fsp3) is 0.583. The molecule has 0 saturated carbocycles. The summed E-state index contributed by atoms with van der Waals surface area (Å²) in [5.41, 5.74) is 0. The summed E-state index contributed by atoms with van der Waals surface area (Å²) in [6.45, 7) is 3.43. The van der Waals surface area contributed by atoms with E-state index in [1.54, 1.807) is 6.20 Å². The lowest BCUT2D eigenvalue weighted by atomic mass is 10.2. The Kier molecular flexibility index (Phi) is 3.48. The molecule has 0 N–H and O–H groups in total. The lowest BCUT2D eigenvalue weighted by Gasteiger charge is -2.36. The van der Waals surface area contributed by atoms with Crippen LogP contribution >= 0.6 is 11.3 Å². The molecule has 1 unspecified atom stereocenters. The maximum atomic E-state index is 12.1. The van der Waals surface area contributed by atoms with Crippen LogP contribution in [-0.4, -0.2) is 65.5 Å². The summed E-state index contributed by atoms with van der Waals surface area (Å²) in [5, 5.41) is 2.36. The van der Waals surface area contributed by atoms with Crippen molar-refractivity contribution in [2.75, 3.05) is 32.8 Å². The van der Waals surface area contributed by atoms with Crippen molar-refractivity contribution >= 4 is 23.2 Å². The van der Waals surface area contributed by atoms with Gasteiger partial charge in [0.2, 0.25) is 0 Å². The van der Waals surface area contributed by atoms with E-state index in [0.717, 1.165) is 13.1 Å². The highest BCUT2D eigenvalue weighted by Gasteiger charge is 2.32. The second-order valence-corrected chi connectivity index (χ2v) is 5.60. The van der Waals surface area contributed by atoms with Crippen LogP contribution in [0.5, 0.6) is 0 Å². The molecule has 2 saturated heterocycles. The first-order valence-electron chi connectivity index (χ1n) is 6.32. The number of carbonyl (C=O) groups is 2. The van der Waals surface area contributed by atoms with Gasteiger partial charge < -0.3 is 9.64 Å². The number of esters is 1. The summed E-state index contributed by atoms with van der Waals surface area (Å²) in [5.74, 6) is -0.111. The summed E-state index contributed by atoms with van der Waals surface area (Å²) >= 11 is 1.37. The molecule has 1 aromatic rings. The topological polar surface area (TPSA) is 62.7 Å². The molecule has 0 aromatic carbocycles. The number of thiazole rings is 1. The van der Waals surface area contributed by atoms with Crippen molar-refractivity contribution in [1.29, 1.82) is 0 Å². The van der Waals surface area contributed by atoms with Gasteiger partial charge in [-0.2, -0.15) is 0 Å². The van der Waals surface area contributed by atoms with E-state index in [4.69, 9.17) is 4.74 Å². The smallest absolute Gasteiger partial charge is 0.307 e. The van der Waals surface area contributed by atoms with E-state index in [2.05, 4.69) is 9.88 Å². The van der Waals surface area contributed by atoms with Crippen LogP contribution in [0.3, 0.4) is 0 Å². The van der Waals surface area contributed by atoms with Gasteiger partial charge in [-0.3, -0.25) is 14.5 Å². The molecule has 102 valence electrons. The molecule has 6 nitrogen and oxygen atoms in total. The van der Waals surface area contributed by atoms with Gasteiger partial charge in [-0.25, -0.2) is 4.98 Å². The molecule has 0 radical (unpaired) electrons. The highest BCUT2D eigenvalue weighted by Crippen LogP contribution is 2.17. The lowest BCUT2D eigenvalue weighted by molar-refractivity contribution is -0.137. The predicted octanol–water partition coefficient (Wildman–Crippen LogP) is 0.216. The van der Waals surface area contributed by atoms with Crippen molar-refractivity contribution in [3.05, 3.63) is 16.6 Å². The molecule has 2 aliphatic heterocycles. The minimum atomic E-state index is -0.119. The van der Waals surface area contributed by atoms with Crippen molar-refractivity contribution in [3.8, 4) is 0 Å². The van der Waals surface area contributed by atoms with Crippen molar-refractivity contribution in [3.63, 3.8) is 0 Å². The van der Waals surface area contributed by atoms with E-state index < -0.39 is 0 Å². The summed E-state index contributed by atoms with van der Waals surface area (Å²) in [4.78, 5) is 31.3. The molecule has 1 amide bonds. The third kappa shape index (κ3) is 2.62. The van der Waals surface area contributed by atoms with E-state index in [1.165, 1.54) is 11.3 Å². The Balaban J connectivity index is 1.55. The molecule has 2 fully saturated rings. The number of carbonyl (C=O) groups excluding carboxylic acids is 2. The molecule has 0 aliphatic carbocycles. The minimum absolute atomic E-state index is 0.00778. The fourth-order valence-corrected chi connectivity index (χ4v) is 3.09. The molecule has 0 bridgehead atoms. The molecule has 3 rings (SSSR count). The maximum Gasteiger partial charge on any atom is 0.307 e. The van der Waals surface area contributed by atoms with Gasteiger partial charge in [0, 0.05) is 37.8 Å². The van der Waals surface area contributed by atoms with Gasteiger partial charge in [0.15, 0.2) is 5.01 Å². The monoisotopic (exact) mass is 281 g/mol. The molecule has 3 heterocycles. The molecule has 1 aromatic heterocycles. The van der Waals surface area contributed by atoms with Gasteiger partial charge in [0.25, 0.3) is 5.91 Å². The van der Waals surface area contributed by atoms with E-state index in [0.29, 0.717) is 31.1 Å². The summed E-state index contributed by atoms with van der Waals surface area (Å²) in [7, 11) is 0. The lowest BCUT2D eigenvalue weighted by Crippen LogP contribution is -2.52. The Morgan fingerprint density at radius 3 is 2.74 bits per heavy atom. The first-order valence-corrected chi connectivity index (χ1v) is 7.20. The highest BCUT2D eigenvalue weighted by molar-refractivity contribution is 7.11. The molecular weight excluding hydrogens is 266 g/mol. The predicted molar refractivity (Wildman–Crippen MR) is 69.0 cm³/mol. The van der Waals surface area contributed by atoms with Crippen molar-refractivity contribution in [1.82, 2.24) is 14.8 Å². The Hall–Kier alpha value is -1.47. The summed E-state index contributed by atoms with van der Waals surface area (Å²) < 4.78 is 4.98. The third-order valence-corrected chi connectivity index (χ3v) is 4.33. The number of hydrogen-bond donors (Lipinski definition) is 0. The zero-order valence-electron chi connectivity index (χ0n) is 10.4. The van der Waals surface area contributed by atoms with Crippen LogP contribution in [0.1, 0.15) is 16.2 Å². The number of amides is 1. The van der Waals surface area contributed by atoms with Crippen molar-refractivity contribution < 1.29 is 14.3 Å². The third-order valence-electron chi connectivity index (χ3n) is 3.57.